The van der Waals surface area contributed by atoms with Crippen LogP contribution in [0.25, 0.3) is 0 Å². The summed E-state index contributed by atoms with van der Waals surface area (Å²) < 4.78 is 0. The minimum atomic E-state index is -0.946. The predicted molar refractivity (Wildman–Crippen MR) is 48.6 cm³/mol. The summed E-state index contributed by atoms with van der Waals surface area (Å²) in [5.41, 5.74) is 0.968. The molecular formula is C10H10O3. The molecule has 0 unspecified atom stereocenters. The molecule has 0 aliphatic carbocycles. The number of hydrogen-bond acceptors (Lipinski definition) is 2. The number of carboxylic acid groups (broad SMARTS) is 1. The molecule has 1 aromatic rings. The van der Waals surface area contributed by atoms with Crippen molar-refractivity contribution in [3.8, 4) is 5.75 Å². The first-order chi connectivity index (χ1) is 6.18. The number of phenols is 1. The summed E-state index contributed by atoms with van der Waals surface area (Å²) in [5.74, 6) is -0.732. The molecule has 0 aliphatic rings. The lowest BCUT2D eigenvalue weighted by Gasteiger charge is -1.95. The van der Waals surface area contributed by atoms with E-state index in [1.54, 1.807) is 30.3 Å². The zero-order valence-electron chi connectivity index (χ0n) is 6.97. The number of benzene rings is 1. The van der Waals surface area contributed by atoms with Gasteiger partial charge in [-0.3, -0.25) is 0 Å². The monoisotopic (exact) mass is 178 g/mol. The summed E-state index contributed by atoms with van der Waals surface area (Å²) in [5, 5.41) is 17.3. The van der Waals surface area contributed by atoms with Gasteiger partial charge in [0, 0.05) is 6.08 Å². The fraction of sp³-hybridized carbons (Fsp3) is 0.100. The molecule has 0 radical (unpaired) electrons. The Morgan fingerprint density at radius 2 is 1.92 bits per heavy atom. The first-order valence-corrected chi connectivity index (χ1v) is 3.86. The molecule has 0 atom stereocenters. The number of allylic oxidation sites excluding steroid dienone is 1. The van der Waals surface area contributed by atoms with E-state index in [4.69, 9.17) is 10.2 Å². The molecule has 0 aromatic heterocycles. The van der Waals surface area contributed by atoms with E-state index < -0.39 is 5.97 Å². The third-order valence-electron chi connectivity index (χ3n) is 1.55. The van der Waals surface area contributed by atoms with Crippen molar-refractivity contribution in [1.29, 1.82) is 0 Å². The average Bonchev–Trinajstić information content (AvgIpc) is 2.08. The second-order valence-corrected chi connectivity index (χ2v) is 2.61. The van der Waals surface area contributed by atoms with Gasteiger partial charge >= 0.3 is 5.97 Å². The zero-order chi connectivity index (χ0) is 9.68. The van der Waals surface area contributed by atoms with E-state index >= 15 is 0 Å². The quantitative estimate of drug-likeness (QED) is 0.691. The van der Waals surface area contributed by atoms with Crippen LogP contribution >= 0.6 is 0 Å². The fourth-order valence-corrected chi connectivity index (χ4v) is 0.928. The maximum Gasteiger partial charge on any atom is 0.327 e. The number of rotatable bonds is 3. The molecule has 0 saturated carbocycles. The Balaban J connectivity index is 2.55. The molecule has 1 rings (SSSR count). The molecule has 3 nitrogen and oxygen atoms in total. The second kappa shape index (κ2) is 4.30. The van der Waals surface area contributed by atoms with Crippen LogP contribution < -0.4 is 0 Å². The van der Waals surface area contributed by atoms with Gasteiger partial charge in [-0.1, -0.05) is 18.2 Å². The summed E-state index contributed by atoms with van der Waals surface area (Å²) >= 11 is 0. The molecule has 0 saturated heterocycles. The first kappa shape index (κ1) is 9.32. The van der Waals surface area contributed by atoms with Gasteiger partial charge in [-0.05, 0) is 24.1 Å². The van der Waals surface area contributed by atoms with Gasteiger partial charge in [0.1, 0.15) is 5.75 Å². The third-order valence-corrected chi connectivity index (χ3v) is 1.55. The SMILES string of the molecule is O=C(O)C=CCc1ccc(O)cc1. The Morgan fingerprint density at radius 3 is 2.46 bits per heavy atom. The zero-order valence-corrected chi connectivity index (χ0v) is 6.97. The smallest absolute Gasteiger partial charge is 0.327 e. The van der Waals surface area contributed by atoms with Crippen LogP contribution in [-0.4, -0.2) is 16.2 Å². The minimum Gasteiger partial charge on any atom is -0.508 e. The van der Waals surface area contributed by atoms with Crippen LogP contribution in [0.4, 0.5) is 0 Å². The molecule has 0 bridgehead atoms. The largest absolute Gasteiger partial charge is 0.508 e. The highest BCUT2D eigenvalue weighted by Crippen LogP contribution is 2.09. The summed E-state index contributed by atoms with van der Waals surface area (Å²) in [6.07, 6.45) is 3.23. The van der Waals surface area contributed by atoms with E-state index in [0.717, 1.165) is 11.6 Å². The first-order valence-electron chi connectivity index (χ1n) is 3.86. The van der Waals surface area contributed by atoms with E-state index in [2.05, 4.69) is 0 Å². The van der Waals surface area contributed by atoms with Crippen LogP contribution in [-0.2, 0) is 11.2 Å². The van der Waals surface area contributed by atoms with Crippen molar-refractivity contribution in [1.82, 2.24) is 0 Å². The van der Waals surface area contributed by atoms with Gasteiger partial charge in [0.2, 0.25) is 0 Å². The summed E-state index contributed by atoms with van der Waals surface area (Å²) in [4.78, 5) is 10.1. The molecular weight excluding hydrogens is 168 g/mol. The van der Waals surface area contributed by atoms with Gasteiger partial charge < -0.3 is 10.2 Å². The topological polar surface area (TPSA) is 57.5 Å². The second-order valence-electron chi connectivity index (χ2n) is 2.61. The maximum absolute atomic E-state index is 10.1. The Kier molecular flexibility index (Phi) is 3.09. The van der Waals surface area contributed by atoms with Crippen molar-refractivity contribution in [2.24, 2.45) is 0 Å². The van der Waals surface area contributed by atoms with Crippen LogP contribution in [0, 0.1) is 0 Å². The molecule has 0 heterocycles. The highest BCUT2D eigenvalue weighted by atomic mass is 16.4. The van der Waals surface area contributed by atoms with Gasteiger partial charge in [0.25, 0.3) is 0 Å². The fourth-order valence-electron chi connectivity index (χ4n) is 0.928. The van der Waals surface area contributed by atoms with Crippen molar-refractivity contribution in [3.63, 3.8) is 0 Å². The van der Waals surface area contributed by atoms with E-state index in [9.17, 15) is 4.79 Å². The average molecular weight is 178 g/mol. The van der Waals surface area contributed by atoms with Gasteiger partial charge in [0.05, 0.1) is 0 Å². The number of carboxylic acids is 1. The number of carbonyl (C=O) groups is 1. The van der Waals surface area contributed by atoms with Crippen LogP contribution in [0.3, 0.4) is 0 Å². The molecule has 13 heavy (non-hydrogen) atoms. The highest BCUT2D eigenvalue weighted by Gasteiger charge is 1.90. The van der Waals surface area contributed by atoms with Gasteiger partial charge in [-0.2, -0.15) is 0 Å². The number of phenolic OH excluding ortho intramolecular Hbond substituents is 1. The molecule has 0 aliphatic heterocycles. The van der Waals surface area contributed by atoms with Crippen molar-refractivity contribution in [2.75, 3.05) is 0 Å². The molecule has 3 heteroatoms. The van der Waals surface area contributed by atoms with E-state index in [0.29, 0.717) is 6.42 Å². The van der Waals surface area contributed by atoms with Crippen molar-refractivity contribution in [3.05, 3.63) is 42.0 Å². The summed E-state index contributed by atoms with van der Waals surface area (Å²) in [7, 11) is 0. The lowest BCUT2D eigenvalue weighted by molar-refractivity contribution is -0.131. The molecule has 2 N–H and O–H groups in total. The minimum absolute atomic E-state index is 0.214. The number of hydrogen-bond donors (Lipinski definition) is 2. The van der Waals surface area contributed by atoms with Crippen LogP contribution in [0.15, 0.2) is 36.4 Å². The molecule has 68 valence electrons. The molecule has 1 aromatic carbocycles. The van der Waals surface area contributed by atoms with E-state index in [1.165, 1.54) is 0 Å². The Bertz CT molecular complexity index is 311. The van der Waals surface area contributed by atoms with Gasteiger partial charge in [-0.15, -0.1) is 0 Å². The third kappa shape index (κ3) is 3.42. The lowest BCUT2D eigenvalue weighted by atomic mass is 10.1. The molecule has 0 fully saturated rings. The van der Waals surface area contributed by atoms with Crippen LogP contribution in [0.5, 0.6) is 5.75 Å². The molecule has 0 spiro atoms. The Morgan fingerprint density at radius 1 is 1.31 bits per heavy atom. The van der Waals surface area contributed by atoms with E-state index in [-0.39, 0.29) is 5.75 Å². The summed E-state index contributed by atoms with van der Waals surface area (Å²) in [6.45, 7) is 0. The van der Waals surface area contributed by atoms with Crippen molar-refractivity contribution in [2.45, 2.75) is 6.42 Å². The van der Waals surface area contributed by atoms with E-state index in [1.807, 2.05) is 0 Å². The Hall–Kier alpha value is -1.77. The van der Waals surface area contributed by atoms with Gasteiger partial charge in [-0.25, -0.2) is 4.79 Å². The maximum atomic E-state index is 10.1. The normalized spacial score (nSPS) is 10.5. The molecule has 0 amide bonds. The number of aliphatic carboxylic acids is 1. The Labute approximate surface area is 76.0 Å². The number of aromatic hydroxyl groups is 1. The van der Waals surface area contributed by atoms with Gasteiger partial charge in [0.15, 0.2) is 0 Å². The predicted octanol–water partition coefficient (Wildman–Crippen LogP) is 1.58. The standard InChI is InChI=1S/C10H10O3/c11-9-6-4-8(5-7-9)2-1-3-10(12)13/h1,3-7,11H,2H2,(H,12,13). The van der Waals surface area contributed by atoms with Crippen molar-refractivity contribution >= 4 is 5.97 Å². The van der Waals surface area contributed by atoms with Crippen LogP contribution in [0.1, 0.15) is 5.56 Å². The van der Waals surface area contributed by atoms with Crippen molar-refractivity contribution < 1.29 is 15.0 Å². The highest BCUT2D eigenvalue weighted by molar-refractivity contribution is 5.79. The summed E-state index contributed by atoms with van der Waals surface area (Å²) in [6, 6.07) is 6.65. The van der Waals surface area contributed by atoms with Crippen LogP contribution in [0.2, 0.25) is 0 Å². The lowest BCUT2D eigenvalue weighted by Crippen LogP contribution is -1.87.